The second kappa shape index (κ2) is 7.06. The van der Waals surface area contributed by atoms with E-state index in [2.05, 4.69) is 5.32 Å². The number of sulfonamides is 1. The Morgan fingerprint density at radius 3 is 2.60 bits per heavy atom. The Bertz CT molecular complexity index is 859. The number of hydrogen-bond donors (Lipinski definition) is 2. The van der Waals surface area contributed by atoms with Crippen LogP contribution in [-0.4, -0.2) is 48.2 Å². The fraction of sp³-hybridized carbons (Fsp3) is 0.312. The van der Waals surface area contributed by atoms with Crippen LogP contribution >= 0.6 is 0 Å². The third-order valence-electron chi connectivity index (χ3n) is 3.77. The fourth-order valence-corrected chi connectivity index (χ4v) is 4.07. The molecule has 1 aliphatic heterocycles. The van der Waals surface area contributed by atoms with Crippen LogP contribution in [0.25, 0.3) is 0 Å². The summed E-state index contributed by atoms with van der Waals surface area (Å²) in [6.07, 6.45) is 3.36. The number of carboxylic acid groups (broad SMARTS) is 1. The lowest BCUT2D eigenvalue weighted by molar-refractivity contribution is -0.139. The van der Waals surface area contributed by atoms with Gasteiger partial charge in [0.1, 0.15) is 10.9 Å². The van der Waals surface area contributed by atoms with E-state index >= 15 is 0 Å². The maximum atomic E-state index is 12.3. The van der Waals surface area contributed by atoms with Gasteiger partial charge in [-0.25, -0.2) is 17.5 Å². The highest BCUT2D eigenvalue weighted by Crippen LogP contribution is 2.30. The minimum absolute atomic E-state index is 0.00195. The first-order chi connectivity index (χ1) is 11.7. The van der Waals surface area contributed by atoms with Crippen LogP contribution in [0.5, 0.6) is 0 Å². The summed E-state index contributed by atoms with van der Waals surface area (Å²) in [6.45, 7) is 3.25. The molecule has 1 aromatic rings. The second-order valence-electron chi connectivity index (χ2n) is 5.35. The molecule has 0 aromatic heterocycles. The highest BCUT2D eigenvalue weighted by Gasteiger charge is 2.40. The summed E-state index contributed by atoms with van der Waals surface area (Å²) in [5.41, 5.74) is -0.0260. The number of carboxylic acids is 1. The summed E-state index contributed by atoms with van der Waals surface area (Å²) in [7, 11) is -3.98. The Morgan fingerprint density at radius 2 is 2.04 bits per heavy atom. The van der Waals surface area contributed by atoms with Crippen LogP contribution in [0.4, 0.5) is 0 Å². The van der Waals surface area contributed by atoms with E-state index in [0.717, 1.165) is 10.4 Å². The third-order valence-corrected chi connectivity index (χ3v) is 5.66. The Labute approximate surface area is 145 Å². The van der Waals surface area contributed by atoms with Gasteiger partial charge in [-0.2, -0.15) is 0 Å². The summed E-state index contributed by atoms with van der Waals surface area (Å²) in [5.74, 6) is -2.56. The summed E-state index contributed by atoms with van der Waals surface area (Å²) < 4.78 is 25.4. The average molecular weight is 366 g/mol. The molecule has 134 valence electrons. The second-order valence-corrected chi connectivity index (χ2v) is 7.19. The highest BCUT2D eigenvalue weighted by molar-refractivity contribution is 7.90. The van der Waals surface area contributed by atoms with Crippen molar-refractivity contribution in [1.82, 2.24) is 9.62 Å². The van der Waals surface area contributed by atoms with Gasteiger partial charge in [0, 0.05) is 12.1 Å². The zero-order valence-electron chi connectivity index (χ0n) is 13.7. The van der Waals surface area contributed by atoms with E-state index in [4.69, 9.17) is 5.11 Å². The molecule has 0 saturated carbocycles. The van der Waals surface area contributed by atoms with Crippen molar-refractivity contribution in [2.24, 2.45) is 0 Å². The first kappa shape index (κ1) is 18.7. The molecule has 25 heavy (non-hydrogen) atoms. The van der Waals surface area contributed by atoms with Gasteiger partial charge in [0.05, 0.1) is 5.56 Å². The molecular weight excluding hydrogens is 348 g/mol. The number of carbonyl (C=O) groups is 3. The standard InChI is InChI=1S/C16H18N2O6S/c1-3-5-6-12(16(21)22)17-14(19)10-7-8-11-13(9-10)25(23,24)18(4-2)15(11)20/h3,5,7-9,12H,4,6H2,1-2H3,(H,17,19)(H,21,22)/b5-3+. The Morgan fingerprint density at radius 1 is 1.36 bits per heavy atom. The first-order valence-corrected chi connectivity index (χ1v) is 9.04. The summed E-state index contributed by atoms with van der Waals surface area (Å²) in [6, 6.07) is 2.53. The van der Waals surface area contributed by atoms with Gasteiger partial charge < -0.3 is 10.4 Å². The number of rotatable bonds is 6. The highest BCUT2D eigenvalue weighted by atomic mass is 32.2. The number of aliphatic carboxylic acids is 1. The van der Waals surface area contributed by atoms with Crippen LogP contribution in [0, 0.1) is 0 Å². The van der Waals surface area contributed by atoms with Crippen molar-refractivity contribution in [3.8, 4) is 0 Å². The lowest BCUT2D eigenvalue weighted by Gasteiger charge is -2.13. The van der Waals surface area contributed by atoms with Crippen molar-refractivity contribution < 1.29 is 27.9 Å². The molecule has 0 aliphatic carbocycles. The molecule has 1 aromatic carbocycles. The summed E-state index contributed by atoms with van der Waals surface area (Å²) in [4.78, 5) is 35.3. The maximum absolute atomic E-state index is 12.3. The predicted octanol–water partition coefficient (Wildman–Crippen LogP) is 1.00. The third kappa shape index (κ3) is 3.41. The number of nitrogens with zero attached hydrogens (tertiary/aromatic N) is 1. The van der Waals surface area contributed by atoms with Crippen molar-refractivity contribution >= 4 is 27.8 Å². The topological polar surface area (TPSA) is 121 Å². The van der Waals surface area contributed by atoms with Gasteiger partial charge in [-0.05, 0) is 38.5 Å². The van der Waals surface area contributed by atoms with E-state index in [-0.39, 0.29) is 29.0 Å². The van der Waals surface area contributed by atoms with Crippen LogP contribution in [-0.2, 0) is 14.8 Å². The minimum atomic E-state index is -3.98. The van der Waals surface area contributed by atoms with Crippen molar-refractivity contribution in [3.05, 3.63) is 41.5 Å². The molecule has 1 unspecified atom stereocenters. The van der Waals surface area contributed by atoms with Gasteiger partial charge >= 0.3 is 5.97 Å². The SMILES string of the molecule is C/C=C/CC(NC(=O)c1ccc2c(c1)S(=O)(=O)N(CC)C2=O)C(=O)O. The number of amides is 2. The van der Waals surface area contributed by atoms with Gasteiger partial charge in [-0.15, -0.1) is 0 Å². The smallest absolute Gasteiger partial charge is 0.326 e. The normalized spacial score (nSPS) is 16.7. The molecule has 0 radical (unpaired) electrons. The summed E-state index contributed by atoms with van der Waals surface area (Å²) in [5, 5.41) is 11.5. The lowest BCUT2D eigenvalue weighted by atomic mass is 10.1. The summed E-state index contributed by atoms with van der Waals surface area (Å²) >= 11 is 0. The largest absolute Gasteiger partial charge is 0.480 e. The molecule has 8 nitrogen and oxygen atoms in total. The Balaban J connectivity index is 2.33. The molecule has 2 N–H and O–H groups in total. The van der Waals surface area contributed by atoms with Crippen LogP contribution < -0.4 is 5.32 Å². The van der Waals surface area contributed by atoms with Crippen molar-refractivity contribution in [2.45, 2.75) is 31.2 Å². The zero-order valence-corrected chi connectivity index (χ0v) is 14.5. The molecule has 9 heteroatoms. The fourth-order valence-electron chi connectivity index (χ4n) is 2.46. The van der Waals surface area contributed by atoms with Crippen LogP contribution in [0.1, 0.15) is 41.0 Å². The number of hydrogen-bond acceptors (Lipinski definition) is 5. The molecule has 0 bridgehead atoms. The van der Waals surface area contributed by atoms with Gasteiger partial charge in [0.25, 0.3) is 21.8 Å². The van der Waals surface area contributed by atoms with Gasteiger partial charge in [0.15, 0.2) is 0 Å². The van der Waals surface area contributed by atoms with E-state index in [1.165, 1.54) is 19.1 Å². The van der Waals surface area contributed by atoms with E-state index in [0.29, 0.717) is 0 Å². The van der Waals surface area contributed by atoms with Crippen molar-refractivity contribution in [1.29, 1.82) is 0 Å². The molecule has 1 heterocycles. The van der Waals surface area contributed by atoms with Crippen LogP contribution in [0.15, 0.2) is 35.2 Å². The Kier molecular flexibility index (Phi) is 5.27. The maximum Gasteiger partial charge on any atom is 0.326 e. The molecule has 0 fully saturated rings. The number of fused-ring (bicyclic) bond motifs is 1. The molecule has 1 atom stereocenters. The van der Waals surface area contributed by atoms with Crippen molar-refractivity contribution in [2.75, 3.05) is 6.54 Å². The molecule has 0 saturated heterocycles. The van der Waals surface area contributed by atoms with Gasteiger partial charge in [0.2, 0.25) is 0 Å². The molecule has 2 amide bonds. The molecule has 1 aliphatic rings. The molecular formula is C16H18N2O6S. The number of carbonyl (C=O) groups excluding carboxylic acids is 2. The minimum Gasteiger partial charge on any atom is -0.480 e. The lowest BCUT2D eigenvalue weighted by Crippen LogP contribution is -2.40. The predicted molar refractivity (Wildman–Crippen MR) is 88.7 cm³/mol. The van der Waals surface area contributed by atoms with Gasteiger partial charge in [-0.3, -0.25) is 9.59 Å². The number of allylic oxidation sites excluding steroid dienone is 1. The van der Waals surface area contributed by atoms with E-state index in [1.807, 2.05) is 0 Å². The van der Waals surface area contributed by atoms with E-state index < -0.39 is 33.8 Å². The van der Waals surface area contributed by atoms with Gasteiger partial charge in [-0.1, -0.05) is 12.2 Å². The van der Waals surface area contributed by atoms with E-state index in [1.54, 1.807) is 19.1 Å². The van der Waals surface area contributed by atoms with Crippen LogP contribution in [0.2, 0.25) is 0 Å². The number of nitrogens with one attached hydrogen (secondary N) is 1. The Hall–Kier alpha value is -2.68. The van der Waals surface area contributed by atoms with E-state index in [9.17, 15) is 22.8 Å². The monoisotopic (exact) mass is 366 g/mol. The molecule has 2 rings (SSSR count). The quantitative estimate of drug-likeness (QED) is 0.725. The zero-order chi connectivity index (χ0) is 18.8. The average Bonchev–Trinajstić information content (AvgIpc) is 2.76. The first-order valence-electron chi connectivity index (χ1n) is 7.60. The molecule has 0 spiro atoms. The van der Waals surface area contributed by atoms with Crippen molar-refractivity contribution in [3.63, 3.8) is 0 Å². The van der Waals surface area contributed by atoms with Crippen LogP contribution in [0.3, 0.4) is 0 Å². The number of benzene rings is 1.